The Hall–Kier alpha value is -1.31. The summed E-state index contributed by atoms with van der Waals surface area (Å²) in [4.78, 5) is 16.2. The van der Waals surface area contributed by atoms with E-state index >= 15 is 0 Å². The Balaban J connectivity index is 0.00000288. The van der Waals surface area contributed by atoms with Gasteiger partial charge in [-0.05, 0) is 43.7 Å². The van der Waals surface area contributed by atoms with Gasteiger partial charge in [0.1, 0.15) is 0 Å². The normalized spacial score (nSPS) is 20.7. The van der Waals surface area contributed by atoms with Crippen molar-refractivity contribution in [2.45, 2.75) is 38.6 Å². The molecule has 6 heteroatoms. The predicted octanol–water partition coefficient (Wildman–Crippen LogP) is 2.78. The maximum absolute atomic E-state index is 11.9. The molecule has 1 aliphatic carbocycles. The molecule has 0 spiro atoms. The molecule has 0 unspecified atom stereocenters. The van der Waals surface area contributed by atoms with Crippen LogP contribution in [0.3, 0.4) is 0 Å². The number of carbonyl (C=O) groups is 1. The van der Waals surface area contributed by atoms with Gasteiger partial charge in [0, 0.05) is 31.7 Å². The number of amides is 1. The van der Waals surface area contributed by atoms with E-state index < -0.39 is 0 Å². The van der Waals surface area contributed by atoms with Crippen LogP contribution in [0.1, 0.15) is 43.0 Å². The lowest BCUT2D eigenvalue weighted by atomic mass is 9.87. The SMILES string of the molecule is CN=C(NCCNC(=O)c1ccccc1)NC1CCC(C)CC1.I. The molecule has 0 saturated heterocycles. The Bertz CT molecular complexity index is 513. The van der Waals surface area contributed by atoms with E-state index in [4.69, 9.17) is 0 Å². The summed E-state index contributed by atoms with van der Waals surface area (Å²) < 4.78 is 0. The van der Waals surface area contributed by atoms with Gasteiger partial charge in [0.25, 0.3) is 5.91 Å². The molecule has 1 amide bonds. The van der Waals surface area contributed by atoms with Crippen molar-refractivity contribution in [1.82, 2.24) is 16.0 Å². The smallest absolute Gasteiger partial charge is 0.251 e. The summed E-state index contributed by atoms with van der Waals surface area (Å²) in [5.74, 6) is 1.62. The summed E-state index contributed by atoms with van der Waals surface area (Å²) in [5.41, 5.74) is 0.686. The number of halogens is 1. The molecule has 1 fully saturated rings. The first-order valence-corrected chi connectivity index (χ1v) is 8.49. The number of nitrogens with one attached hydrogen (secondary N) is 3. The molecule has 0 radical (unpaired) electrons. The Morgan fingerprint density at radius 2 is 1.71 bits per heavy atom. The van der Waals surface area contributed by atoms with Crippen LogP contribution < -0.4 is 16.0 Å². The average Bonchev–Trinajstić information content (AvgIpc) is 2.60. The molecule has 0 bridgehead atoms. The second-order valence-electron chi connectivity index (χ2n) is 6.22. The highest BCUT2D eigenvalue weighted by atomic mass is 127. The number of hydrogen-bond donors (Lipinski definition) is 3. The van der Waals surface area contributed by atoms with Crippen LogP contribution in [0.2, 0.25) is 0 Å². The minimum atomic E-state index is -0.0448. The molecule has 1 saturated carbocycles. The summed E-state index contributed by atoms with van der Waals surface area (Å²) >= 11 is 0. The van der Waals surface area contributed by atoms with Gasteiger partial charge in [-0.15, -0.1) is 24.0 Å². The van der Waals surface area contributed by atoms with Crippen molar-refractivity contribution >= 4 is 35.8 Å². The third kappa shape index (κ3) is 7.07. The Kier molecular flexibility index (Phi) is 9.75. The van der Waals surface area contributed by atoms with Gasteiger partial charge in [-0.3, -0.25) is 9.79 Å². The van der Waals surface area contributed by atoms with E-state index in [0.29, 0.717) is 24.7 Å². The Morgan fingerprint density at radius 1 is 1.08 bits per heavy atom. The third-order valence-electron chi connectivity index (χ3n) is 4.32. The standard InChI is InChI=1S/C18H28N4O.HI/c1-14-8-10-16(11-9-14)22-18(19-2)21-13-12-20-17(23)15-6-4-3-5-7-15;/h3-7,14,16H,8-13H2,1-2H3,(H,20,23)(H2,19,21,22);1H. The van der Waals surface area contributed by atoms with Gasteiger partial charge < -0.3 is 16.0 Å². The van der Waals surface area contributed by atoms with Crippen molar-refractivity contribution < 1.29 is 4.79 Å². The monoisotopic (exact) mass is 444 g/mol. The molecular weight excluding hydrogens is 415 g/mol. The summed E-state index contributed by atoms with van der Waals surface area (Å²) in [7, 11) is 1.78. The first-order valence-electron chi connectivity index (χ1n) is 8.49. The summed E-state index contributed by atoms with van der Waals surface area (Å²) in [6.07, 6.45) is 4.96. The van der Waals surface area contributed by atoms with Gasteiger partial charge in [-0.1, -0.05) is 25.1 Å². The number of carbonyl (C=O) groups excluding carboxylic acids is 1. The molecule has 0 heterocycles. The van der Waals surface area contributed by atoms with Gasteiger partial charge in [0.15, 0.2) is 5.96 Å². The van der Waals surface area contributed by atoms with E-state index in [2.05, 4.69) is 27.9 Å². The van der Waals surface area contributed by atoms with Gasteiger partial charge in [-0.2, -0.15) is 0 Å². The molecule has 0 aliphatic heterocycles. The molecular formula is C18H29IN4O. The van der Waals surface area contributed by atoms with Crippen LogP contribution >= 0.6 is 24.0 Å². The highest BCUT2D eigenvalue weighted by Crippen LogP contribution is 2.23. The minimum absolute atomic E-state index is 0. The van der Waals surface area contributed by atoms with Gasteiger partial charge >= 0.3 is 0 Å². The number of benzene rings is 1. The largest absolute Gasteiger partial charge is 0.355 e. The molecule has 0 atom stereocenters. The van der Waals surface area contributed by atoms with E-state index in [9.17, 15) is 4.79 Å². The van der Waals surface area contributed by atoms with Crippen LogP contribution in [0, 0.1) is 5.92 Å². The molecule has 1 aromatic carbocycles. The second kappa shape index (κ2) is 11.3. The fourth-order valence-electron chi connectivity index (χ4n) is 2.84. The van der Waals surface area contributed by atoms with Crippen molar-refractivity contribution in [3.8, 4) is 0 Å². The Labute approximate surface area is 162 Å². The Morgan fingerprint density at radius 3 is 2.33 bits per heavy atom. The zero-order valence-electron chi connectivity index (χ0n) is 14.5. The fourth-order valence-corrected chi connectivity index (χ4v) is 2.84. The highest BCUT2D eigenvalue weighted by molar-refractivity contribution is 14.0. The van der Waals surface area contributed by atoms with Gasteiger partial charge in [0.2, 0.25) is 0 Å². The quantitative estimate of drug-likeness (QED) is 0.283. The van der Waals surface area contributed by atoms with Crippen molar-refractivity contribution in [2.75, 3.05) is 20.1 Å². The lowest BCUT2D eigenvalue weighted by Crippen LogP contribution is -2.46. The lowest BCUT2D eigenvalue weighted by molar-refractivity contribution is 0.0954. The number of nitrogens with zero attached hydrogens (tertiary/aromatic N) is 1. The zero-order chi connectivity index (χ0) is 16.5. The minimum Gasteiger partial charge on any atom is -0.355 e. The van der Waals surface area contributed by atoms with Gasteiger partial charge in [0.05, 0.1) is 0 Å². The maximum Gasteiger partial charge on any atom is 0.251 e. The van der Waals surface area contributed by atoms with E-state index in [1.807, 2.05) is 30.3 Å². The van der Waals surface area contributed by atoms with E-state index in [0.717, 1.165) is 11.9 Å². The van der Waals surface area contributed by atoms with Crippen LogP contribution in [0.5, 0.6) is 0 Å². The molecule has 3 N–H and O–H groups in total. The van der Waals surface area contributed by atoms with Gasteiger partial charge in [-0.25, -0.2) is 0 Å². The summed E-state index contributed by atoms with van der Waals surface area (Å²) in [6, 6.07) is 9.77. The van der Waals surface area contributed by atoms with Crippen LogP contribution in [-0.4, -0.2) is 38.0 Å². The second-order valence-corrected chi connectivity index (χ2v) is 6.22. The molecule has 134 valence electrons. The first-order chi connectivity index (χ1) is 11.2. The van der Waals surface area contributed by atoms with Crippen LogP contribution in [0.25, 0.3) is 0 Å². The number of aliphatic imine (C=N–C) groups is 1. The summed E-state index contributed by atoms with van der Waals surface area (Å²) in [6.45, 7) is 3.54. The average molecular weight is 444 g/mol. The van der Waals surface area contributed by atoms with Crippen molar-refractivity contribution in [2.24, 2.45) is 10.9 Å². The van der Waals surface area contributed by atoms with Crippen LogP contribution in [-0.2, 0) is 0 Å². The fraction of sp³-hybridized carbons (Fsp3) is 0.556. The number of rotatable bonds is 5. The van der Waals surface area contributed by atoms with E-state index in [1.165, 1.54) is 25.7 Å². The molecule has 24 heavy (non-hydrogen) atoms. The van der Waals surface area contributed by atoms with Crippen molar-refractivity contribution in [3.63, 3.8) is 0 Å². The summed E-state index contributed by atoms with van der Waals surface area (Å²) in [5, 5.41) is 9.63. The maximum atomic E-state index is 11.9. The topological polar surface area (TPSA) is 65.5 Å². The third-order valence-corrected chi connectivity index (χ3v) is 4.32. The molecule has 1 aliphatic rings. The number of guanidine groups is 1. The molecule has 2 rings (SSSR count). The molecule has 1 aromatic rings. The number of hydrogen-bond acceptors (Lipinski definition) is 2. The van der Waals surface area contributed by atoms with Crippen LogP contribution in [0.4, 0.5) is 0 Å². The van der Waals surface area contributed by atoms with Crippen LogP contribution in [0.15, 0.2) is 35.3 Å². The lowest BCUT2D eigenvalue weighted by Gasteiger charge is -2.28. The first kappa shape index (κ1) is 20.7. The molecule has 0 aromatic heterocycles. The van der Waals surface area contributed by atoms with Crippen molar-refractivity contribution in [3.05, 3.63) is 35.9 Å². The van der Waals surface area contributed by atoms with E-state index in [-0.39, 0.29) is 29.9 Å². The van der Waals surface area contributed by atoms with E-state index in [1.54, 1.807) is 7.05 Å². The predicted molar refractivity (Wildman–Crippen MR) is 110 cm³/mol. The molecule has 5 nitrogen and oxygen atoms in total. The van der Waals surface area contributed by atoms with Crippen molar-refractivity contribution in [1.29, 1.82) is 0 Å². The zero-order valence-corrected chi connectivity index (χ0v) is 16.9. The highest BCUT2D eigenvalue weighted by Gasteiger charge is 2.18.